The van der Waals surface area contributed by atoms with Crippen LogP contribution in [0.5, 0.6) is 0 Å². The molecule has 0 N–H and O–H groups in total. The molecule has 0 amide bonds. The molecule has 1 aliphatic heterocycles. The van der Waals surface area contributed by atoms with Crippen molar-refractivity contribution in [1.29, 1.82) is 0 Å². The van der Waals surface area contributed by atoms with Gasteiger partial charge in [0, 0.05) is 6.42 Å². The maximum Gasteiger partial charge on any atom is 0.114 e. The van der Waals surface area contributed by atoms with Crippen molar-refractivity contribution >= 4 is 21.4 Å². The summed E-state index contributed by atoms with van der Waals surface area (Å²) in [4.78, 5) is 7.00. The van der Waals surface area contributed by atoms with Gasteiger partial charge in [-0.3, -0.25) is 4.40 Å². The van der Waals surface area contributed by atoms with E-state index >= 15 is 0 Å². The van der Waals surface area contributed by atoms with Crippen molar-refractivity contribution in [3.05, 3.63) is 34.8 Å². The number of fused-ring (bicyclic) bond motifs is 1. The summed E-state index contributed by atoms with van der Waals surface area (Å²) < 4.78 is 3.32. The number of hydrogen-bond acceptors (Lipinski definition) is 2. The van der Waals surface area contributed by atoms with Gasteiger partial charge in [-0.25, -0.2) is 4.98 Å². The number of imidazole rings is 1. The number of nitrogens with zero attached hydrogens (tertiary/aromatic N) is 3. The number of aromatic nitrogens is 2. The summed E-state index contributed by atoms with van der Waals surface area (Å²) in [7, 11) is 2.21. The first kappa shape index (κ1) is 12.2. The van der Waals surface area contributed by atoms with Crippen molar-refractivity contribution in [2.24, 2.45) is 5.92 Å². The van der Waals surface area contributed by atoms with Gasteiger partial charge in [-0.2, -0.15) is 0 Å². The molecular formula is C14H18BrN3. The molecule has 0 aromatic carbocycles. The summed E-state index contributed by atoms with van der Waals surface area (Å²) in [5, 5.41) is 0. The Morgan fingerprint density at radius 1 is 1.33 bits per heavy atom. The zero-order valence-corrected chi connectivity index (χ0v) is 12.2. The Bertz CT molecular complexity index is 541. The van der Waals surface area contributed by atoms with Gasteiger partial charge in [0.15, 0.2) is 0 Å². The lowest BCUT2D eigenvalue weighted by Crippen LogP contribution is -2.31. The second-order valence-corrected chi connectivity index (χ2v) is 6.05. The molecule has 0 unspecified atom stereocenters. The fourth-order valence-electron chi connectivity index (χ4n) is 2.74. The third-order valence-electron chi connectivity index (χ3n) is 3.89. The van der Waals surface area contributed by atoms with Crippen LogP contribution in [0.4, 0.5) is 0 Å². The van der Waals surface area contributed by atoms with Crippen molar-refractivity contribution in [3.8, 4) is 0 Å². The molecule has 1 aliphatic rings. The summed E-state index contributed by atoms with van der Waals surface area (Å²) in [5.41, 5.74) is 1.17. The smallest absolute Gasteiger partial charge is 0.114 e. The minimum Gasteiger partial charge on any atom is -0.306 e. The Labute approximate surface area is 116 Å². The molecule has 0 atom stereocenters. The molecule has 3 rings (SSSR count). The summed E-state index contributed by atoms with van der Waals surface area (Å²) in [6.45, 7) is 2.43. The molecule has 96 valence electrons. The molecule has 0 spiro atoms. The zero-order chi connectivity index (χ0) is 12.5. The molecule has 4 heteroatoms. The summed E-state index contributed by atoms with van der Waals surface area (Å²) in [5.74, 6) is 1.96. The van der Waals surface area contributed by atoms with Gasteiger partial charge in [-0.1, -0.05) is 6.07 Å². The predicted octanol–water partition coefficient (Wildman–Crippen LogP) is 2.98. The molecule has 1 saturated heterocycles. The molecule has 18 heavy (non-hydrogen) atoms. The van der Waals surface area contributed by atoms with Gasteiger partial charge < -0.3 is 4.90 Å². The Morgan fingerprint density at radius 3 is 2.89 bits per heavy atom. The van der Waals surface area contributed by atoms with E-state index in [0.29, 0.717) is 0 Å². The number of piperidine rings is 1. The van der Waals surface area contributed by atoms with E-state index in [-0.39, 0.29) is 0 Å². The first-order valence-electron chi connectivity index (χ1n) is 6.53. The molecule has 1 fully saturated rings. The van der Waals surface area contributed by atoms with Crippen LogP contribution in [0.2, 0.25) is 0 Å². The largest absolute Gasteiger partial charge is 0.306 e. The summed E-state index contributed by atoms with van der Waals surface area (Å²) in [6, 6.07) is 6.24. The Morgan fingerprint density at radius 2 is 2.11 bits per heavy atom. The zero-order valence-electron chi connectivity index (χ0n) is 10.6. The highest BCUT2D eigenvalue weighted by Crippen LogP contribution is 2.23. The number of pyridine rings is 1. The average molecular weight is 308 g/mol. The normalized spacial score (nSPS) is 18.6. The topological polar surface area (TPSA) is 20.5 Å². The molecule has 2 aromatic rings. The molecule has 0 aliphatic carbocycles. The monoisotopic (exact) mass is 307 g/mol. The van der Waals surface area contributed by atoms with Crippen LogP contribution in [0.25, 0.3) is 5.52 Å². The third kappa shape index (κ3) is 2.31. The van der Waals surface area contributed by atoms with E-state index in [1.165, 1.54) is 37.3 Å². The van der Waals surface area contributed by atoms with E-state index in [0.717, 1.165) is 16.9 Å². The summed E-state index contributed by atoms with van der Waals surface area (Å²) >= 11 is 3.62. The highest BCUT2D eigenvalue weighted by atomic mass is 79.9. The lowest BCUT2D eigenvalue weighted by atomic mass is 9.93. The first-order chi connectivity index (χ1) is 8.74. The van der Waals surface area contributed by atoms with E-state index in [1.54, 1.807) is 0 Å². The van der Waals surface area contributed by atoms with Gasteiger partial charge in [0.1, 0.15) is 5.82 Å². The molecule has 3 nitrogen and oxygen atoms in total. The van der Waals surface area contributed by atoms with Crippen LogP contribution in [-0.2, 0) is 6.42 Å². The highest BCUT2D eigenvalue weighted by molar-refractivity contribution is 9.10. The fourth-order valence-corrected chi connectivity index (χ4v) is 3.30. The van der Waals surface area contributed by atoms with Crippen LogP contribution < -0.4 is 0 Å². The van der Waals surface area contributed by atoms with E-state index in [1.807, 2.05) is 6.20 Å². The third-order valence-corrected chi connectivity index (χ3v) is 4.50. The standard InChI is InChI=1S/C14H18BrN3/c1-17-7-5-11(6-8-17)9-14-16-10-12-3-2-4-13(15)18(12)14/h2-4,10-11H,5-9H2,1H3. The van der Waals surface area contributed by atoms with Crippen molar-refractivity contribution < 1.29 is 0 Å². The average Bonchev–Trinajstić information content (AvgIpc) is 2.77. The van der Waals surface area contributed by atoms with Crippen LogP contribution >= 0.6 is 15.9 Å². The van der Waals surface area contributed by atoms with E-state index in [4.69, 9.17) is 0 Å². The maximum absolute atomic E-state index is 4.59. The Kier molecular flexibility index (Phi) is 3.39. The van der Waals surface area contributed by atoms with Gasteiger partial charge in [-0.05, 0) is 67.0 Å². The summed E-state index contributed by atoms with van der Waals surface area (Å²) in [6.07, 6.45) is 5.63. The van der Waals surface area contributed by atoms with E-state index in [2.05, 4.69) is 55.5 Å². The second-order valence-electron chi connectivity index (χ2n) is 5.23. The van der Waals surface area contributed by atoms with Crippen LogP contribution in [-0.4, -0.2) is 34.4 Å². The second kappa shape index (κ2) is 5.02. The Balaban J connectivity index is 1.82. The van der Waals surface area contributed by atoms with Gasteiger partial charge in [-0.15, -0.1) is 0 Å². The number of rotatable bonds is 2. The molecular weight excluding hydrogens is 290 g/mol. The quantitative estimate of drug-likeness (QED) is 0.795. The molecule has 0 radical (unpaired) electrons. The minimum atomic E-state index is 0.777. The van der Waals surface area contributed by atoms with Crippen molar-refractivity contribution in [2.45, 2.75) is 19.3 Å². The maximum atomic E-state index is 4.59. The van der Waals surface area contributed by atoms with Crippen molar-refractivity contribution in [1.82, 2.24) is 14.3 Å². The molecule has 0 bridgehead atoms. The number of likely N-dealkylation sites (tertiary alicyclic amines) is 1. The van der Waals surface area contributed by atoms with E-state index < -0.39 is 0 Å². The van der Waals surface area contributed by atoms with Crippen molar-refractivity contribution in [2.75, 3.05) is 20.1 Å². The highest BCUT2D eigenvalue weighted by Gasteiger charge is 2.19. The lowest BCUT2D eigenvalue weighted by molar-refractivity contribution is 0.217. The van der Waals surface area contributed by atoms with Crippen LogP contribution in [0.1, 0.15) is 18.7 Å². The van der Waals surface area contributed by atoms with Crippen molar-refractivity contribution in [3.63, 3.8) is 0 Å². The first-order valence-corrected chi connectivity index (χ1v) is 7.33. The minimum absolute atomic E-state index is 0.777. The molecule has 3 heterocycles. The number of halogens is 1. The Hall–Kier alpha value is -0.870. The lowest BCUT2D eigenvalue weighted by Gasteiger charge is -2.28. The molecule has 2 aromatic heterocycles. The van der Waals surface area contributed by atoms with Gasteiger partial charge in [0.25, 0.3) is 0 Å². The SMILES string of the molecule is CN1CCC(Cc2ncc3cccc(Br)n23)CC1. The van der Waals surface area contributed by atoms with Crippen LogP contribution in [0, 0.1) is 5.92 Å². The van der Waals surface area contributed by atoms with Crippen LogP contribution in [0.15, 0.2) is 29.0 Å². The number of hydrogen-bond donors (Lipinski definition) is 0. The van der Waals surface area contributed by atoms with Crippen LogP contribution in [0.3, 0.4) is 0 Å². The molecule has 0 saturated carbocycles. The van der Waals surface area contributed by atoms with Gasteiger partial charge in [0.05, 0.1) is 16.3 Å². The van der Waals surface area contributed by atoms with Gasteiger partial charge in [0.2, 0.25) is 0 Å². The predicted molar refractivity (Wildman–Crippen MR) is 76.8 cm³/mol. The van der Waals surface area contributed by atoms with E-state index in [9.17, 15) is 0 Å². The fraction of sp³-hybridized carbons (Fsp3) is 0.500. The van der Waals surface area contributed by atoms with Gasteiger partial charge >= 0.3 is 0 Å².